The smallest absolute Gasteiger partial charge is 0.358 e. The van der Waals surface area contributed by atoms with Gasteiger partial charge in [-0.1, -0.05) is 18.2 Å². The van der Waals surface area contributed by atoms with Gasteiger partial charge >= 0.3 is 12.3 Å². The molecule has 0 fully saturated rings. The first kappa shape index (κ1) is 17.5. The van der Waals surface area contributed by atoms with Crippen LogP contribution in [0.3, 0.4) is 0 Å². The van der Waals surface area contributed by atoms with Crippen molar-refractivity contribution in [2.75, 3.05) is 7.11 Å². The second-order valence-electron chi connectivity index (χ2n) is 4.86. The molecule has 126 valence electrons. The summed E-state index contributed by atoms with van der Waals surface area (Å²) in [7, 11) is 1.52. The molecule has 2 aromatic rings. The molecule has 0 unspecified atom stereocenters. The minimum atomic E-state index is -4.28. The lowest BCUT2D eigenvalue weighted by Gasteiger charge is -2.12. The summed E-state index contributed by atoms with van der Waals surface area (Å²) in [5.41, 5.74) is 1.61. The monoisotopic (exact) mass is 349 g/mol. The lowest BCUT2D eigenvalue weighted by molar-refractivity contribution is -0.135. The molecular weight excluding hydrogens is 334 g/mol. The Morgan fingerprint density at radius 1 is 1.26 bits per heavy atom. The first-order valence-electron chi connectivity index (χ1n) is 6.66. The molecule has 1 heterocycles. The molecule has 0 bridgehead atoms. The number of hydrogen-bond acceptors (Lipinski definition) is 4. The van der Waals surface area contributed by atoms with E-state index in [1.54, 1.807) is 12.1 Å². The molecule has 0 radical (unpaired) electrons. The van der Waals surface area contributed by atoms with Gasteiger partial charge in [-0.05, 0) is 19.4 Å². The molecular formula is C15H15F4NO2S. The maximum absolute atomic E-state index is 13.3. The second kappa shape index (κ2) is 6.74. The first-order chi connectivity index (χ1) is 10.8. The number of aromatic nitrogens is 1. The highest BCUT2D eigenvalue weighted by Crippen LogP contribution is 2.40. The minimum Gasteiger partial charge on any atom is -0.496 e. The Balaban J connectivity index is 2.20. The quantitative estimate of drug-likeness (QED) is 0.708. The molecule has 0 amide bonds. The van der Waals surface area contributed by atoms with Gasteiger partial charge in [0.05, 0.1) is 12.0 Å². The van der Waals surface area contributed by atoms with E-state index in [0.717, 1.165) is 5.56 Å². The Bertz CT molecular complexity index is 688. The van der Waals surface area contributed by atoms with Crippen molar-refractivity contribution in [1.82, 2.24) is 4.98 Å². The average molecular weight is 349 g/mol. The van der Waals surface area contributed by atoms with Gasteiger partial charge in [-0.3, -0.25) is 0 Å². The maximum atomic E-state index is 13.3. The van der Waals surface area contributed by atoms with Crippen LogP contribution in [0.15, 0.2) is 18.2 Å². The fourth-order valence-corrected chi connectivity index (χ4v) is 2.85. The predicted molar refractivity (Wildman–Crippen MR) is 78.8 cm³/mol. The highest BCUT2D eigenvalue weighted by atomic mass is 32.1. The molecule has 2 rings (SSSR count). The standard InChI is InChI=1S/C15H15F4NO2S/c1-8-5-4-6-10(11(8)21-3)7-22-12-9(2)23-14(20-12)15(18,19)13(16)17/h4-6,13H,7H2,1-3H3. The Hall–Kier alpha value is -1.83. The van der Waals surface area contributed by atoms with Gasteiger partial charge in [-0.2, -0.15) is 13.8 Å². The fourth-order valence-electron chi connectivity index (χ4n) is 2.02. The number of methoxy groups -OCH3 is 1. The number of para-hydroxylation sites is 1. The van der Waals surface area contributed by atoms with Gasteiger partial charge in [0.2, 0.25) is 5.88 Å². The maximum Gasteiger partial charge on any atom is 0.358 e. The topological polar surface area (TPSA) is 31.4 Å². The third-order valence-corrected chi connectivity index (χ3v) is 4.21. The second-order valence-corrected chi connectivity index (χ2v) is 6.06. The summed E-state index contributed by atoms with van der Waals surface area (Å²) in [4.78, 5) is 3.83. The molecule has 0 aliphatic rings. The molecule has 0 atom stereocenters. The summed E-state index contributed by atoms with van der Waals surface area (Å²) in [6, 6.07) is 5.43. The zero-order valence-electron chi connectivity index (χ0n) is 12.7. The van der Waals surface area contributed by atoms with Crippen molar-refractivity contribution in [3.05, 3.63) is 39.2 Å². The van der Waals surface area contributed by atoms with Crippen molar-refractivity contribution >= 4 is 11.3 Å². The lowest BCUT2D eigenvalue weighted by Crippen LogP contribution is -2.23. The highest BCUT2D eigenvalue weighted by Gasteiger charge is 2.46. The van der Waals surface area contributed by atoms with Crippen molar-refractivity contribution in [3.63, 3.8) is 0 Å². The number of rotatable bonds is 6. The number of hydrogen-bond donors (Lipinski definition) is 0. The minimum absolute atomic E-state index is 0.0368. The summed E-state index contributed by atoms with van der Waals surface area (Å²) < 4.78 is 62.1. The van der Waals surface area contributed by atoms with Crippen LogP contribution in [0.5, 0.6) is 11.6 Å². The van der Waals surface area contributed by atoms with Crippen LogP contribution in [-0.4, -0.2) is 18.5 Å². The van der Waals surface area contributed by atoms with Gasteiger partial charge in [-0.25, -0.2) is 8.78 Å². The largest absolute Gasteiger partial charge is 0.496 e. The number of benzene rings is 1. The molecule has 0 aliphatic carbocycles. The summed E-state index contributed by atoms with van der Waals surface area (Å²) in [6.45, 7) is 3.39. The van der Waals surface area contributed by atoms with E-state index >= 15 is 0 Å². The Kier molecular flexibility index (Phi) is 5.13. The SMILES string of the molecule is COc1c(C)cccc1COc1nc(C(F)(F)C(F)F)sc1C. The van der Waals surface area contributed by atoms with Gasteiger partial charge in [0.1, 0.15) is 12.4 Å². The third-order valence-electron chi connectivity index (χ3n) is 3.18. The molecule has 0 aliphatic heterocycles. The van der Waals surface area contributed by atoms with Crippen LogP contribution in [0.25, 0.3) is 0 Å². The zero-order chi connectivity index (χ0) is 17.2. The molecule has 23 heavy (non-hydrogen) atoms. The van der Waals surface area contributed by atoms with Crippen LogP contribution >= 0.6 is 11.3 Å². The van der Waals surface area contributed by atoms with Crippen LogP contribution in [0.2, 0.25) is 0 Å². The number of alkyl halides is 4. The number of aryl methyl sites for hydroxylation is 2. The van der Waals surface area contributed by atoms with E-state index in [9.17, 15) is 17.6 Å². The third kappa shape index (κ3) is 3.57. The van der Waals surface area contributed by atoms with Crippen LogP contribution in [0.1, 0.15) is 21.0 Å². The molecule has 1 aromatic carbocycles. The Morgan fingerprint density at radius 3 is 2.57 bits per heavy atom. The normalized spacial score (nSPS) is 11.8. The summed E-state index contributed by atoms with van der Waals surface area (Å²) >= 11 is 0.501. The number of halogens is 4. The van der Waals surface area contributed by atoms with Crippen LogP contribution < -0.4 is 9.47 Å². The van der Waals surface area contributed by atoms with Gasteiger partial charge in [0.15, 0.2) is 5.01 Å². The van der Waals surface area contributed by atoms with E-state index in [1.807, 2.05) is 13.0 Å². The number of nitrogens with zero attached hydrogens (tertiary/aromatic N) is 1. The first-order valence-corrected chi connectivity index (χ1v) is 7.48. The van der Waals surface area contributed by atoms with Crippen LogP contribution in [0.4, 0.5) is 17.6 Å². The van der Waals surface area contributed by atoms with Crippen molar-refractivity contribution in [3.8, 4) is 11.6 Å². The lowest BCUT2D eigenvalue weighted by atomic mass is 10.1. The van der Waals surface area contributed by atoms with Gasteiger partial charge in [-0.15, -0.1) is 11.3 Å². The van der Waals surface area contributed by atoms with Gasteiger partial charge in [0, 0.05) is 5.56 Å². The Morgan fingerprint density at radius 2 is 1.96 bits per heavy atom. The molecule has 8 heteroatoms. The molecule has 0 N–H and O–H groups in total. The van der Waals surface area contributed by atoms with Crippen LogP contribution in [-0.2, 0) is 12.5 Å². The molecule has 0 spiro atoms. The van der Waals surface area contributed by atoms with Crippen molar-refractivity contribution in [2.45, 2.75) is 32.8 Å². The average Bonchev–Trinajstić information content (AvgIpc) is 2.87. The number of ether oxygens (including phenoxy) is 2. The van der Waals surface area contributed by atoms with E-state index in [1.165, 1.54) is 14.0 Å². The van der Waals surface area contributed by atoms with Crippen molar-refractivity contribution in [2.24, 2.45) is 0 Å². The fraction of sp³-hybridized carbons (Fsp3) is 0.400. The van der Waals surface area contributed by atoms with E-state index in [4.69, 9.17) is 9.47 Å². The molecule has 0 saturated carbocycles. The zero-order valence-corrected chi connectivity index (χ0v) is 13.5. The van der Waals surface area contributed by atoms with Gasteiger partial charge in [0.25, 0.3) is 0 Å². The molecule has 0 saturated heterocycles. The molecule has 1 aromatic heterocycles. The Labute approximate surface area is 134 Å². The summed E-state index contributed by atoms with van der Waals surface area (Å²) in [5, 5.41) is -0.948. The van der Waals surface area contributed by atoms with E-state index in [0.29, 0.717) is 27.5 Å². The number of thiazole rings is 1. The summed E-state index contributed by atoms with van der Waals surface area (Å²) in [6.07, 6.45) is -3.81. The van der Waals surface area contributed by atoms with Crippen molar-refractivity contribution in [1.29, 1.82) is 0 Å². The van der Waals surface area contributed by atoms with E-state index in [-0.39, 0.29) is 12.5 Å². The van der Waals surface area contributed by atoms with Crippen molar-refractivity contribution < 1.29 is 27.0 Å². The van der Waals surface area contributed by atoms with E-state index in [2.05, 4.69) is 4.98 Å². The predicted octanol–water partition coefficient (Wildman–Crippen LogP) is 4.70. The van der Waals surface area contributed by atoms with Crippen LogP contribution in [0, 0.1) is 13.8 Å². The summed E-state index contributed by atoms with van der Waals surface area (Å²) in [5.74, 6) is -3.73. The van der Waals surface area contributed by atoms with Gasteiger partial charge < -0.3 is 9.47 Å². The molecule has 3 nitrogen and oxygen atoms in total. The van der Waals surface area contributed by atoms with E-state index < -0.39 is 17.4 Å². The highest BCUT2D eigenvalue weighted by molar-refractivity contribution is 7.12.